The number of carbonyl (C=O) groups is 2. The molecule has 2 N–H and O–H groups in total. The first-order chi connectivity index (χ1) is 7.77. The highest BCUT2D eigenvalue weighted by molar-refractivity contribution is 5.83. The second-order valence-electron chi connectivity index (χ2n) is 4.47. The first-order valence-electron chi connectivity index (χ1n) is 6.03. The van der Waals surface area contributed by atoms with Crippen LogP contribution in [0.3, 0.4) is 0 Å². The Hall–Kier alpha value is -1.10. The molecule has 1 unspecified atom stereocenters. The molecule has 1 atom stereocenters. The van der Waals surface area contributed by atoms with E-state index in [0.717, 1.165) is 32.6 Å². The molecule has 2 rings (SSSR count). The summed E-state index contributed by atoms with van der Waals surface area (Å²) in [5.74, 6) is 0.279. The Morgan fingerprint density at radius 2 is 2.19 bits per heavy atom. The average Bonchev–Trinajstić information content (AvgIpc) is 2.57. The molecule has 2 saturated heterocycles. The molecule has 5 nitrogen and oxygen atoms in total. The van der Waals surface area contributed by atoms with Gasteiger partial charge in [0, 0.05) is 32.6 Å². The summed E-state index contributed by atoms with van der Waals surface area (Å²) in [5.41, 5.74) is 0. The predicted octanol–water partition coefficient (Wildman–Crippen LogP) is -0.665. The molecule has 0 radical (unpaired) electrons. The lowest BCUT2D eigenvalue weighted by atomic mass is 9.97. The van der Waals surface area contributed by atoms with Crippen LogP contribution < -0.4 is 10.6 Å². The fraction of sp³-hybridized carbons (Fsp3) is 0.818. The molecule has 0 saturated carbocycles. The van der Waals surface area contributed by atoms with E-state index in [2.05, 4.69) is 10.6 Å². The molecular formula is C11H19N3O2. The molecule has 90 valence electrons. The SMILES string of the molecule is O=C1CCC(C(=O)N2CCCNCC2)CN1. The maximum absolute atomic E-state index is 12.2. The van der Waals surface area contributed by atoms with Crippen molar-refractivity contribution in [3.8, 4) is 0 Å². The maximum Gasteiger partial charge on any atom is 0.227 e. The van der Waals surface area contributed by atoms with Crippen molar-refractivity contribution < 1.29 is 9.59 Å². The van der Waals surface area contributed by atoms with Gasteiger partial charge in [0.25, 0.3) is 0 Å². The lowest BCUT2D eigenvalue weighted by Gasteiger charge is -2.28. The van der Waals surface area contributed by atoms with Crippen LogP contribution in [0, 0.1) is 5.92 Å². The second-order valence-corrected chi connectivity index (χ2v) is 4.47. The number of piperidine rings is 1. The van der Waals surface area contributed by atoms with E-state index in [9.17, 15) is 9.59 Å². The number of amides is 2. The zero-order chi connectivity index (χ0) is 11.4. The summed E-state index contributed by atoms with van der Waals surface area (Å²) in [6.07, 6.45) is 2.21. The number of carbonyl (C=O) groups excluding carboxylic acids is 2. The Kier molecular flexibility index (Phi) is 3.77. The molecule has 2 amide bonds. The van der Waals surface area contributed by atoms with Gasteiger partial charge in [-0.15, -0.1) is 0 Å². The van der Waals surface area contributed by atoms with Gasteiger partial charge in [0.05, 0.1) is 5.92 Å². The van der Waals surface area contributed by atoms with Crippen LogP contribution in [0.5, 0.6) is 0 Å². The molecule has 2 aliphatic heterocycles. The van der Waals surface area contributed by atoms with E-state index in [1.807, 2.05) is 4.90 Å². The minimum absolute atomic E-state index is 0.00389. The van der Waals surface area contributed by atoms with Crippen LogP contribution in [0.15, 0.2) is 0 Å². The fourth-order valence-corrected chi connectivity index (χ4v) is 2.27. The molecule has 2 aliphatic rings. The van der Waals surface area contributed by atoms with Gasteiger partial charge in [0.1, 0.15) is 0 Å². The van der Waals surface area contributed by atoms with Crippen LogP contribution in [0.2, 0.25) is 0 Å². The Morgan fingerprint density at radius 3 is 2.94 bits per heavy atom. The number of nitrogens with one attached hydrogen (secondary N) is 2. The van der Waals surface area contributed by atoms with E-state index >= 15 is 0 Å². The number of hydrogen-bond donors (Lipinski definition) is 2. The highest BCUT2D eigenvalue weighted by atomic mass is 16.2. The largest absolute Gasteiger partial charge is 0.355 e. The highest BCUT2D eigenvalue weighted by Crippen LogP contribution is 2.14. The van der Waals surface area contributed by atoms with Crippen molar-refractivity contribution in [2.75, 3.05) is 32.7 Å². The van der Waals surface area contributed by atoms with Gasteiger partial charge < -0.3 is 15.5 Å². The molecule has 16 heavy (non-hydrogen) atoms. The third-order valence-corrected chi connectivity index (χ3v) is 3.27. The van der Waals surface area contributed by atoms with Gasteiger partial charge >= 0.3 is 0 Å². The van der Waals surface area contributed by atoms with Gasteiger partial charge in [-0.2, -0.15) is 0 Å². The molecule has 0 aromatic carbocycles. The third-order valence-electron chi connectivity index (χ3n) is 3.27. The quantitative estimate of drug-likeness (QED) is 0.622. The van der Waals surface area contributed by atoms with E-state index in [1.165, 1.54) is 0 Å². The molecular weight excluding hydrogens is 206 g/mol. The Labute approximate surface area is 95.6 Å². The first-order valence-corrected chi connectivity index (χ1v) is 6.03. The lowest BCUT2D eigenvalue weighted by molar-refractivity contribution is -0.137. The second kappa shape index (κ2) is 5.30. The van der Waals surface area contributed by atoms with Crippen molar-refractivity contribution in [1.29, 1.82) is 0 Å². The monoisotopic (exact) mass is 225 g/mol. The minimum atomic E-state index is -0.00389. The molecule has 2 fully saturated rings. The topological polar surface area (TPSA) is 61.4 Å². The molecule has 2 heterocycles. The van der Waals surface area contributed by atoms with Crippen LogP contribution in [-0.4, -0.2) is 49.4 Å². The van der Waals surface area contributed by atoms with Crippen molar-refractivity contribution in [2.45, 2.75) is 19.3 Å². The molecule has 0 aromatic rings. The third kappa shape index (κ3) is 2.72. The van der Waals surface area contributed by atoms with Crippen molar-refractivity contribution >= 4 is 11.8 Å². The zero-order valence-electron chi connectivity index (χ0n) is 9.50. The molecule has 0 bridgehead atoms. The number of nitrogens with zero attached hydrogens (tertiary/aromatic N) is 1. The number of hydrogen-bond acceptors (Lipinski definition) is 3. The molecule has 0 aromatic heterocycles. The van der Waals surface area contributed by atoms with Crippen molar-refractivity contribution in [3.05, 3.63) is 0 Å². The van der Waals surface area contributed by atoms with Gasteiger partial charge in [0.15, 0.2) is 0 Å². The van der Waals surface area contributed by atoms with Crippen LogP contribution >= 0.6 is 0 Å². The maximum atomic E-state index is 12.2. The summed E-state index contributed by atoms with van der Waals surface area (Å²) in [7, 11) is 0. The Bertz CT molecular complexity index is 262. The predicted molar refractivity (Wildman–Crippen MR) is 59.8 cm³/mol. The summed E-state index contributed by atoms with van der Waals surface area (Å²) in [6, 6.07) is 0. The standard InChI is InChI=1S/C11H19N3O2/c15-10-3-2-9(8-13-10)11(16)14-6-1-4-12-5-7-14/h9,12H,1-8H2,(H,13,15). The zero-order valence-corrected chi connectivity index (χ0v) is 9.50. The van der Waals surface area contributed by atoms with Crippen LogP contribution in [0.25, 0.3) is 0 Å². The van der Waals surface area contributed by atoms with Crippen LogP contribution in [0.4, 0.5) is 0 Å². The van der Waals surface area contributed by atoms with Crippen molar-refractivity contribution in [1.82, 2.24) is 15.5 Å². The molecule has 0 spiro atoms. The molecule has 0 aliphatic carbocycles. The van der Waals surface area contributed by atoms with Crippen molar-refractivity contribution in [3.63, 3.8) is 0 Å². The molecule has 5 heteroatoms. The lowest BCUT2D eigenvalue weighted by Crippen LogP contribution is -2.45. The summed E-state index contributed by atoms with van der Waals surface area (Å²) >= 11 is 0. The van der Waals surface area contributed by atoms with Gasteiger partial charge in [-0.05, 0) is 19.4 Å². The van der Waals surface area contributed by atoms with Gasteiger partial charge in [-0.1, -0.05) is 0 Å². The first kappa shape index (κ1) is 11.4. The minimum Gasteiger partial charge on any atom is -0.355 e. The summed E-state index contributed by atoms with van der Waals surface area (Å²) in [6.45, 7) is 4.02. The Morgan fingerprint density at radius 1 is 1.31 bits per heavy atom. The van der Waals surface area contributed by atoms with E-state index in [4.69, 9.17) is 0 Å². The summed E-state index contributed by atoms with van der Waals surface area (Å²) in [5, 5.41) is 6.04. The fourth-order valence-electron chi connectivity index (χ4n) is 2.27. The van der Waals surface area contributed by atoms with Crippen LogP contribution in [-0.2, 0) is 9.59 Å². The van der Waals surface area contributed by atoms with Gasteiger partial charge in [-0.25, -0.2) is 0 Å². The normalized spacial score (nSPS) is 27.1. The summed E-state index contributed by atoms with van der Waals surface area (Å²) in [4.78, 5) is 25.1. The van der Waals surface area contributed by atoms with E-state index < -0.39 is 0 Å². The average molecular weight is 225 g/mol. The van der Waals surface area contributed by atoms with E-state index in [-0.39, 0.29) is 17.7 Å². The van der Waals surface area contributed by atoms with Crippen molar-refractivity contribution in [2.24, 2.45) is 5.92 Å². The van der Waals surface area contributed by atoms with Gasteiger partial charge in [-0.3, -0.25) is 9.59 Å². The highest BCUT2D eigenvalue weighted by Gasteiger charge is 2.28. The summed E-state index contributed by atoms with van der Waals surface area (Å²) < 4.78 is 0. The Balaban J connectivity index is 1.87. The van der Waals surface area contributed by atoms with E-state index in [1.54, 1.807) is 0 Å². The van der Waals surface area contributed by atoms with Crippen LogP contribution in [0.1, 0.15) is 19.3 Å². The smallest absolute Gasteiger partial charge is 0.227 e. The van der Waals surface area contributed by atoms with Gasteiger partial charge in [0.2, 0.25) is 11.8 Å². The van der Waals surface area contributed by atoms with E-state index in [0.29, 0.717) is 19.4 Å². The number of rotatable bonds is 1.